The van der Waals surface area contributed by atoms with E-state index in [9.17, 15) is 0 Å². The molecule has 0 heterocycles. The monoisotopic (exact) mass is 230 g/mol. The third-order valence-electron chi connectivity index (χ3n) is 2.58. The fraction of sp³-hybridized carbons (Fsp3) is 0.900. The maximum atomic E-state index is 5.40. The van der Waals surface area contributed by atoms with Gasteiger partial charge in [-0.3, -0.25) is 10.4 Å². The van der Waals surface area contributed by atoms with Gasteiger partial charge in [-0.15, -0.1) is 0 Å². The summed E-state index contributed by atoms with van der Waals surface area (Å²) in [5.74, 6) is 6.71. The first-order valence-electron chi connectivity index (χ1n) is 5.42. The zero-order valence-corrected chi connectivity index (χ0v) is 10.7. The Hall–Kier alpha value is -0.420. The minimum atomic E-state index is 0.404. The van der Waals surface area contributed by atoms with Gasteiger partial charge in [-0.1, -0.05) is 13.8 Å². The van der Waals surface area contributed by atoms with E-state index < -0.39 is 0 Å². The summed E-state index contributed by atoms with van der Waals surface area (Å²) in [6.45, 7) is 6.07. The van der Waals surface area contributed by atoms with E-state index in [0.717, 1.165) is 13.1 Å². The molecule has 0 aliphatic heterocycles. The van der Waals surface area contributed by atoms with Crippen molar-refractivity contribution in [2.45, 2.75) is 31.4 Å². The summed E-state index contributed by atoms with van der Waals surface area (Å²) in [5.41, 5.74) is 2.61. The van der Waals surface area contributed by atoms with Gasteiger partial charge in [0.1, 0.15) is 0 Å². The van der Waals surface area contributed by atoms with Crippen molar-refractivity contribution in [3.05, 3.63) is 0 Å². The van der Waals surface area contributed by atoms with Crippen LogP contribution in [0.2, 0.25) is 0 Å². The molecule has 5 heteroatoms. The normalized spacial score (nSPS) is 19.1. The van der Waals surface area contributed by atoms with Crippen molar-refractivity contribution in [1.29, 1.82) is 0 Å². The van der Waals surface area contributed by atoms with Crippen molar-refractivity contribution in [2.24, 2.45) is 16.8 Å². The maximum absolute atomic E-state index is 5.40. The van der Waals surface area contributed by atoms with E-state index in [1.54, 1.807) is 0 Å². The molecule has 15 heavy (non-hydrogen) atoms. The summed E-state index contributed by atoms with van der Waals surface area (Å²) in [4.78, 5) is 4.47. The molecule has 1 aliphatic carbocycles. The molecule has 0 radical (unpaired) electrons. The topological polar surface area (TPSA) is 62.4 Å². The largest absolute Gasteiger partial charge is 0.355 e. The van der Waals surface area contributed by atoms with Crippen molar-refractivity contribution in [3.8, 4) is 0 Å². The van der Waals surface area contributed by atoms with Gasteiger partial charge in [0.2, 0.25) is 5.96 Å². The first kappa shape index (κ1) is 12.6. The lowest BCUT2D eigenvalue weighted by Gasteiger charge is -2.13. The predicted molar refractivity (Wildman–Crippen MR) is 67.9 cm³/mol. The van der Waals surface area contributed by atoms with E-state index in [2.05, 4.69) is 35.8 Å². The molecule has 0 aromatic carbocycles. The Balaban J connectivity index is 2.33. The van der Waals surface area contributed by atoms with Gasteiger partial charge < -0.3 is 5.32 Å². The Morgan fingerprint density at radius 1 is 1.53 bits per heavy atom. The third-order valence-corrected chi connectivity index (χ3v) is 3.98. The van der Waals surface area contributed by atoms with Crippen molar-refractivity contribution in [1.82, 2.24) is 10.7 Å². The van der Waals surface area contributed by atoms with Crippen LogP contribution in [-0.2, 0) is 0 Å². The Kier molecular flexibility index (Phi) is 4.73. The number of nitrogens with two attached hydrogens (primary N) is 1. The summed E-state index contributed by atoms with van der Waals surface area (Å²) in [5, 5.41) is 3.20. The Morgan fingerprint density at radius 2 is 2.20 bits per heavy atom. The lowest BCUT2D eigenvalue weighted by molar-refractivity contribution is 0.615. The maximum Gasteiger partial charge on any atom is 0.205 e. The molecule has 0 spiro atoms. The van der Waals surface area contributed by atoms with Crippen LogP contribution >= 0.6 is 11.8 Å². The van der Waals surface area contributed by atoms with E-state index in [0.29, 0.717) is 16.6 Å². The van der Waals surface area contributed by atoms with Crippen molar-refractivity contribution in [3.63, 3.8) is 0 Å². The molecule has 88 valence electrons. The summed E-state index contributed by atoms with van der Waals surface area (Å²) in [6, 6.07) is 0. The molecular formula is C10H22N4S. The highest BCUT2D eigenvalue weighted by Gasteiger charge is 2.41. The molecule has 0 unspecified atom stereocenters. The quantitative estimate of drug-likeness (QED) is 0.285. The van der Waals surface area contributed by atoms with Gasteiger partial charge in [-0.2, -0.15) is 11.8 Å². The van der Waals surface area contributed by atoms with E-state index in [1.165, 1.54) is 12.8 Å². The number of rotatable bonds is 5. The lowest BCUT2D eigenvalue weighted by Crippen LogP contribution is -2.43. The highest BCUT2D eigenvalue weighted by atomic mass is 32.2. The second-order valence-electron chi connectivity index (χ2n) is 4.47. The number of guanidine groups is 1. The molecule has 0 aromatic heterocycles. The molecule has 0 atom stereocenters. The zero-order valence-electron chi connectivity index (χ0n) is 9.84. The zero-order chi connectivity index (χ0) is 11.3. The Morgan fingerprint density at radius 3 is 2.60 bits per heavy atom. The average Bonchev–Trinajstić information content (AvgIpc) is 2.98. The Labute approximate surface area is 96.4 Å². The molecule has 1 rings (SSSR count). The third kappa shape index (κ3) is 4.30. The number of thioether (sulfide) groups is 1. The van der Waals surface area contributed by atoms with Crippen LogP contribution in [0.4, 0.5) is 0 Å². The molecule has 1 saturated carbocycles. The number of hydrazine groups is 1. The van der Waals surface area contributed by atoms with Gasteiger partial charge in [0.25, 0.3) is 0 Å². The molecule has 0 saturated heterocycles. The van der Waals surface area contributed by atoms with Crippen LogP contribution in [0.15, 0.2) is 4.99 Å². The number of nitrogens with zero attached hydrogens (tertiary/aromatic N) is 1. The van der Waals surface area contributed by atoms with Crippen LogP contribution in [0.25, 0.3) is 0 Å². The minimum Gasteiger partial charge on any atom is -0.355 e. The fourth-order valence-corrected chi connectivity index (χ4v) is 1.95. The smallest absolute Gasteiger partial charge is 0.205 e. The van der Waals surface area contributed by atoms with Crippen LogP contribution in [0.5, 0.6) is 0 Å². The van der Waals surface area contributed by atoms with Crippen molar-refractivity contribution < 1.29 is 0 Å². The minimum absolute atomic E-state index is 0.404. The molecule has 1 fully saturated rings. The summed E-state index contributed by atoms with van der Waals surface area (Å²) in [7, 11) is 0. The fourth-order valence-electron chi connectivity index (χ4n) is 1.24. The lowest BCUT2D eigenvalue weighted by atomic mass is 10.2. The molecule has 4 N–H and O–H groups in total. The summed E-state index contributed by atoms with van der Waals surface area (Å²) < 4.78 is 0.404. The second-order valence-corrected chi connectivity index (χ2v) is 5.75. The van der Waals surface area contributed by atoms with Crippen LogP contribution in [0, 0.1) is 5.92 Å². The van der Waals surface area contributed by atoms with Gasteiger partial charge >= 0.3 is 0 Å². The van der Waals surface area contributed by atoms with Crippen molar-refractivity contribution in [2.75, 3.05) is 19.3 Å². The Bertz CT molecular complexity index is 223. The predicted octanol–water partition coefficient (Wildman–Crippen LogP) is 0.947. The number of aliphatic imine (C=N–C) groups is 1. The molecule has 0 aromatic rings. The molecule has 1 aliphatic rings. The van der Waals surface area contributed by atoms with Gasteiger partial charge in [-0.05, 0) is 25.0 Å². The van der Waals surface area contributed by atoms with Gasteiger partial charge in [0.05, 0.1) is 6.54 Å². The van der Waals surface area contributed by atoms with E-state index in [-0.39, 0.29) is 0 Å². The number of nitrogens with one attached hydrogen (secondary N) is 2. The van der Waals surface area contributed by atoms with E-state index in [4.69, 9.17) is 5.84 Å². The standard InChI is InChI=1S/C10H22N4S/c1-8(2)6-12-9(14-11)13-7-10(15-3)4-5-10/h8H,4-7,11H2,1-3H3,(H2,12,13,14). The molecule has 4 nitrogen and oxygen atoms in total. The van der Waals surface area contributed by atoms with Gasteiger partial charge in [0.15, 0.2) is 0 Å². The van der Waals surface area contributed by atoms with Crippen molar-refractivity contribution >= 4 is 17.7 Å². The molecule has 0 amide bonds. The average molecular weight is 230 g/mol. The SMILES string of the molecule is CSC1(CN=C(NN)NCC(C)C)CC1. The summed E-state index contributed by atoms with van der Waals surface area (Å²) >= 11 is 1.91. The van der Waals surface area contributed by atoms with Gasteiger partial charge in [-0.25, -0.2) is 5.84 Å². The number of hydrogen-bond acceptors (Lipinski definition) is 3. The first-order chi connectivity index (χ1) is 7.12. The van der Waals surface area contributed by atoms with E-state index in [1.807, 2.05) is 11.8 Å². The molecule has 0 bridgehead atoms. The highest BCUT2D eigenvalue weighted by molar-refractivity contribution is 8.00. The van der Waals surface area contributed by atoms with Crippen LogP contribution in [0.3, 0.4) is 0 Å². The number of hydrogen-bond donors (Lipinski definition) is 3. The van der Waals surface area contributed by atoms with E-state index >= 15 is 0 Å². The van der Waals surface area contributed by atoms with Crippen LogP contribution in [-0.4, -0.2) is 30.1 Å². The second kappa shape index (κ2) is 5.61. The first-order valence-corrected chi connectivity index (χ1v) is 6.64. The van der Waals surface area contributed by atoms with Gasteiger partial charge in [0, 0.05) is 11.3 Å². The highest BCUT2D eigenvalue weighted by Crippen LogP contribution is 2.47. The van der Waals surface area contributed by atoms with Crippen LogP contribution < -0.4 is 16.6 Å². The summed E-state index contributed by atoms with van der Waals surface area (Å²) in [6.07, 6.45) is 4.71. The van der Waals surface area contributed by atoms with Crippen LogP contribution in [0.1, 0.15) is 26.7 Å². The molecular weight excluding hydrogens is 208 g/mol.